The van der Waals surface area contributed by atoms with E-state index >= 15 is 0 Å². The molecule has 0 saturated carbocycles. The van der Waals surface area contributed by atoms with Crippen molar-refractivity contribution in [2.75, 3.05) is 0 Å². The van der Waals surface area contributed by atoms with Crippen LogP contribution in [-0.2, 0) is 9.47 Å². The second kappa shape index (κ2) is 16.9. The number of rotatable bonds is 9. The van der Waals surface area contributed by atoms with Crippen LogP contribution in [0.25, 0.3) is 6.08 Å². The number of carbonyl (C=O) groups is 2. The van der Waals surface area contributed by atoms with Gasteiger partial charge in [-0.2, -0.15) is 5.26 Å². The van der Waals surface area contributed by atoms with Crippen LogP contribution in [0.3, 0.4) is 0 Å². The lowest BCUT2D eigenvalue weighted by Gasteiger charge is -2.17. The molecule has 0 spiro atoms. The SMILES string of the molecule is CCC/C=C/c1ccccc1C#N.CCCC[C@@H]1OC(=O)c2ccccc21.CCC[C@@H](O)[C@@H]1OC(=O)c2ccccc21. The third kappa shape index (κ3) is 8.64. The first kappa shape index (κ1) is 32.3. The van der Waals surface area contributed by atoms with E-state index in [4.69, 9.17) is 14.7 Å². The van der Waals surface area contributed by atoms with E-state index in [1.807, 2.05) is 73.7 Å². The van der Waals surface area contributed by atoms with Gasteiger partial charge in [0.2, 0.25) is 0 Å². The average Bonchev–Trinajstić information content (AvgIpc) is 3.53. The normalized spacial score (nSPS) is 17.0. The summed E-state index contributed by atoms with van der Waals surface area (Å²) in [7, 11) is 0. The smallest absolute Gasteiger partial charge is 0.339 e. The van der Waals surface area contributed by atoms with Crippen LogP contribution in [-0.4, -0.2) is 23.1 Å². The number of nitrogens with zero attached hydrogens (tertiary/aromatic N) is 1. The highest BCUT2D eigenvalue weighted by atomic mass is 16.6. The van der Waals surface area contributed by atoms with Crippen LogP contribution in [0.4, 0.5) is 0 Å². The molecule has 3 atom stereocenters. The Hall–Kier alpha value is -4.21. The van der Waals surface area contributed by atoms with E-state index < -0.39 is 12.2 Å². The fraction of sp³-hybridized carbons (Fsp3) is 0.361. The number of nitriles is 1. The molecular weight excluding hydrogens is 526 g/mol. The van der Waals surface area contributed by atoms with Gasteiger partial charge in [0.25, 0.3) is 0 Å². The summed E-state index contributed by atoms with van der Waals surface area (Å²) in [6.07, 6.45) is 9.96. The molecule has 3 aromatic carbocycles. The van der Waals surface area contributed by atoms with Crippen LogP contribution >= 0.6 is 0 Å². The number of hydrogen-bond acceptors (Lipinski definition) is 6. The van der Waals surface area contributed by atoms with Crippen LogP contribution in [0.5, 0.6) is 0 Å². The van der Waals surface area contributed by atoms with Gasteiger partial charge in [-0.1, -0.05) is 107 Å². The largest absolute Gasteiger partial charge is 0.454 e. The predicted molar refractivity (Wildman–Crippen MR) is 165 cm³/mol. The summed E-state index contributed by atoms with van der Waals surface area (Å²) < 4.78 is 10.5. The van der Waals surface area contributed by atoms with Gasteiger partial charge in [0, 0.05) is 11.1 Å². The zero-order valence-corrected chi connectivity index (χ0v) is 24.8. The van der Waals surface area contributed by atoms with E-state index in [1.54, 1.807) is 12.1 Å². The number of hydrogen-bond donors (Lipinski definition) is 1. The van der Waals surface area contributed by atoms with Gasteiger partial charge in [-0.25, -0.2) is 9.59 Å². The van der Waals surface area contributed by atoms with Crippen molar-refractivity contribution in [3.8, 4) is 6.07 Å². The lowest BCUT2D eigenvalue weighted by Crippen LogP contribution is -2.18. The molecule has 0 aliphatic carbocycles. The maximum absolute atomic E-state index is 11.5. The van der Waals surface area contributed by atoms with Crippen molar-refractivity contribution in [1.82, 2.24) is 0 Å². The molecule has 0 aromatic heterocycles. The molecule has 6 heteroatoms. The van der Waals surface area contributed by atoms with E-state index in [2.05, 4.69) is 26.0 Å². The van der Waals surface area contributed by atoms with Crippen LogP contribution < -0.4 is 0 Å². The number of carbonyl (C=O) groups excluding carboxylic acids is 2. The van der Waals surface area contributed by atoms with Gasteiger partial charge >= 0.3 is 11.9 Å². The number of ether oxygens (including phenoxy) is 2. The highest BCUT2D eigenvalue weighted by Gasteiger charge is 2.35. The summed E-state index contributed by atoms with van der Waals surface area (Å²) >= 11 is 0. The van der Waals surface area contributed by atoms with E-state index in [1.165, 1.54) is 0 Å². The number of cyclic esters (lactones) is 2. The van der Waals surface area contributed by atoms with Gasteiger partial charge in [0.1, 0.15) is 6.10 Å². The first-order chi connectivity index (χ1) is 20.4. The Morgan fingerprint density at radius 1 is 0.833 bits per heavy atom. The number of allylic oxidation sites excluding steroid dienone is 1. The van der Waals surface area contributed by atoms with Crippen molar-refractivity contribution in [2.45, 2.75) is 84.0 Å². The molecule has 0 bridgehead atoms. The van der Waals surface area contributed by atoms with Crippen LogP contribution in [0.1, 0.15) is 121 Å². The molecule has 0 radical (unpaired) electrons. The molecule has 2 aliphatic rings. The molecule has 5 rings (SSSR count). The van der Waals surface area contributed by atoms with Crippen LogP contribution in [0, 0.1) is 11.3 Å². The highest BCUT2D eigenvalue weighted by molar-refractivity contribution is 5.94. The monoisotopic (exact) mass is 567 g/mol. The molecule has 0 amide bonds. The number of fused-ring (bicyclic) bond motifs is 2. The quantitative estimate of drug-likeness (QED) is 0.260. The first-order valence-corrected chi connectivity index (χ1v) is 14.9. The third-order valence-electron chi connectivity index (χ3n) is 7.09. The van der Waals surface area contributed by atoms with Crippen LogP contribution in [0.15, 0.2) is 78.9 Å². The summed E-state index contributed by atoms with van der Waals surface area (Å²) in [6.45, 7) is 6.27. The Labute approximate surface area is 249 Å². The number of esters is 2. The maximum Gasteiger partial charge on any atom is 0.339 e. The summed E-state index contributed by atoms with van der Waals surface area (Å²) in [5, 5.41) is 18.6. The standard InChI is InChI=1S/C12H13N.C12H14O3.C12H14O2/c1-2-3-4-7-11-8-5-6-9-12(11)10-13;1-2-5-10(13)11-8-6-3-4-7-9(8)12(14)15-11;1-2-3-8-11-9-6-4-5-7-10(9)12(13)14-11/h4-9H,2-3H2,1H3;3-4,6-7,10-11,13H,2,5H2,1H3;4-7,11H,2-3,8H2,1H3/b7-4+;;/t;10-,11-;11-/m.10/s1. The highest BCUT2D eigenvalue weighted by Crippen LogP contribution is 2.35. The van der Waals surface area contributed by atoms with Crippen LogP contribution in [0.2, 0.25) is 0 Å². The number of aliphatic hydroxyl groups is 1. The molecule has 1 N–H and O–H groups in total. The summed E-state index contributed by atoms with van der Waals surface area (Å²) in [5.74, 6) is -0.493. The Bertz CT molecular complexity index is 1390. The van der Waals surface area contributed by atoms with Gasteiger partial charge in [-0.3, -0.25) is 0 Å². The Morgan fingerprint density at radius 3 is 2.12 bits per heavy atom. The Kier molecular flexibility index (Phi) is 13.0. The van der Waals surface area contributed by atoms with Crippen molar-refractivity contribution in [3.05, 3.63) is 112 Å². The maximum atomic E-state index is 11.5. The van der Waals surface area contributed by atoms with Gasteiger partial charge in [0.05, 0.1) is 28.9 Å². The topological polar surface area (TPSA) is 96.6 Å². The Balaban J connectivity index is 0.000000173. The summed E-state index contributed by atoms with van der Waals surface area (Å²) in [5.41, 5.74) is 4.95. The Morgan fingerprint density at radius 2 is 1.45 bits per heavy atom. The minimum Gasteiger partial charge on any atom is -0.454 e. The molecule has 0 fully saturated rings. The molecule has 42 heavy (non-hydrogen) atoms. The minimum atomic E-state index is -0.595. The molecule has 6 nitrogen and oxygen atoms in total. The van der Waals surface area contributed by atoms with Crippen molar-refractivity contribution < 1.29 is 24.2 Å². The molecule has 0 unspecified atom stereocenters. The van der Waals surface area contributed by atoms with E-state index in [0.717, 1.165) is 66.3 Å². The molecule has 220 valence electrons. The summed E-state index contributed by atoms with van der Waals surface area (Å²) in [6, 6.07) is 24.7. The number of unbranched alkanes of at least 4 members (excludes halogenated alkanes) is 2. The van der Waals surface area contributed by atoms with Gasteiger partial charge in [-0.05, 0) is 49.4 Å². The van der Waals surface area contributed by atoms with Crippen molar-refractivity contribution >= 4 is 18.0 Å². The van der Waals surface area contributed by atoms with E-state index in [-0.39, 0.29) is 18.0 Å². The van der Waals surface area contributed by atoms with E-state index in [0.29, 0.717) is 12.0 Å². The minimum absolute atomic E-state index is 0.00125. The molecule has 3 aromatic rings. The fourth-order valence-electron chi connectivity index (χ4n) is 4.85. The molecule has 2 heterocycles. The van der Waals surface area contributed by atoms with Gasteiger partial charge < -0.3 is 14.6 Å². The molecule has 0 saturated heterocycles. The number of benzene rings is 3. The molecule has 2 aliphatic heterocycles. The molecular formula is C36H41NO5. The first-order valence-electron chi connectivity index (χ1n) is 14.9. The third-order valence-corrected chi connectivity index (χ3v) is 7.09. The lowest BCUT2D eigenvalue weighted by atomic mass is 9.99. The average molecular weight is 568 g/mol. The fourth-order valence-corrected chi connectivity index (χ4v) is 4.85. The van der Waals surface area contributed by atoms with Crippen molar-refractivity contribution in [3.63, 3.8) is 0 Å². The van der Waals surface area contributed by atoms with Gasteiger partial charge in [-0.15, -0.1) is 0 Å². The summed E-state index contributed by atoms with van der Waals surface area (Å²) in [4.78, 5) is 22.9. The van der Waals surface area contributed by atoms with Crippen molar-refractivity contribution in [2.24, 2.45) is 0 Å². The van der Waals surface area contributed by atoms with Crippen molar-refractivity contribution in [1.29, 1.82) is 5.26 Å². The zero-order valence-electron chi connectivity index (χ0n) is 24.8. The van der Waals surface area contributed by atoms with Gasteiger partial charge in [0.15, 0.2) is 6.10 Å². The number of aliphatic hydroxyl groups excluding tert-OH is 1. The second-order valence-corrected chi connectivity index (χ2v) is 10.3. The van der Waals surface area contributed by atoms with E-state index in [9.17, 15) is 14.7 Å². The predicted octanol–water partition coefficient (Wildman–Crippen LogP) is 8.52. The zero-order chi connectivity index (χ0) is 30.3. The lowest BCUT2D eigenvalue weighted by molar-refractivity contribution is -0.0122. The second-order valence-electron chi connectivity index (χ2n) is 10.3.